The summed E-state index contributed by atoms with van der Waals surface area (Å²) in [6.45, 7) is 6.33. The summed E-state index contributed by atoms with van der Waals surface area (Å²) in [6.07, 6.45) is 1.29. The van der Waals surface area contributed by atoms with E-state index in [-0.39, 0.29) is 16.6 Å². The van der Waals surface area contributed by atoms with E-state index in [9.17, 15) is 9.59 Å². The average Bonchev–Trinajstić information content (AvgIpc) is 2.97. The van der Waals surface area contributed by atoms with Gasteiger partial charge in [0, 0.05) is 18.5 Å². The smallest absolute Gasteiger partial charge is 0.339 e. The van der Waals surface area contributed by atoms with E-state index < -0.39 is 18.0 Å². The number of hydrogen-bond acceptors (Lipinski definition) is 6. The van der Waals surface area contributed by atoms with Crippen molar-refractivity contribution in [3.63, 3.8) is 0 Å². The zero-order valence-electron chi connectivity index (χ0n) is 15.9. The van der Waals surface area contributed by atoms with Gasteiger partial charge in [0.05, 0.1) is 30.0 Å². The number of anilines is 1. The van der Waals surface area contributed by atoms with E-state index in [1.807, 2.05) is 13.8 Å². The standard InChI is InChI=1S/C19H22ClN3O5/c1-11(2)23-16(5-6-21-23)22-18(24)12(3)28-19(25)13-9-14(20)17-15(10-13)26-7-4-8-27-17/h5-6,9-12H,4,7-8H2,1-3H3,(H,22,24). The number of benzene rings is 1. The summed E-state index contributed by atoms with van der Waals surface area (Å²) in [7, 11) is 0. The summed E-state index contributed by atoms with van der Waals surface area (Å²) in [5.41, 5.74) is 0.182. The molecule has 1 amide bonds. The van der Waals surface area contributed by atoms with Gasteiger partial charge in [0.25, 0.3) is 5.91 Å². The number of carbonyl (C=O) groups is 2. The Labute approximate surface area is 167 Å². The van der Waals surface area contributed by atoms with E-state index in [1.54, 1.807) is 16.9 Å². The maximum Gasteiger partial charge on any atom is 0.339 e. The van der Waals surface area contributed by atoms with Crippen LogP contribution in [-0.2, 0) is 9.53 Å². The molecule has 1 atom stereocenters. The molecule has 3 rings (SSSR count). The van der Waals surface area contributed by atoms with Crippen LogP contribution in [0.5, 0.6) is 11.5 Å². The molecule has 1 aliphatic rings. The van der Waals surface area contributed by atoms with Crippen molar-refractivity contribution in [3.05, 3.63) is 35.0 Å². The normalized spacial score (nSPS) is 14.3. The number of amides is 1. The number of rotatable bonds is 5. The summed E-state index contributed by atoms with van der Waals surface area (Å²) in [5.74, 6) is 0.175. The Hall–Kier alpha value is -2.74. The van der Waals surface area contributed by atoms with E-state index in [4.69, 9.17) is 25.8 Å². The highest BCUT2D eigenvalue weighted by atomic mass is 35.5. The first-order valence-electron chi connectivity index (χ1n) is 9.01. The van der Waals surface area contributed by atoms with Crippen molar-refractivity contribution in [3.8, 4) is 11.5 Å². The van der Waals surface area contributed by atoms with E-state index in [0.717, 1.165) is 6.42 Å². The highest BCUT2D eigenvalue weighted by molar-refractivity contribution is 6.32. The van der Waals surface area contributed by atoms with Gasteiger partial charge in [-0.3, -0.25) is 4.79 Å². The largest absolute Gasteiger partial charge is 0.489 e. The van der Waals surface area contributed by atoms with Gasteiger partial charge < -0.3 is 19.5 Å². The van der Waals surface area contributed by atoms with Gasteiger partial charge in [0.2, 0.25) is 0 Å². The molecule has 1 aliphatic heterocycles. The van der Waals surface area contributed by atoms with Crippen LogP contribution in [0.3, 0.4) is 0 Å². The number of aromatic nitrogens is 2. The lowest BCUT2D eigenvalue weighted by Crippen LogP contribution is -2.31. The Balaban J connectivity index is 1.68. The number of hydrogen-bond donors (Lipinski definition) is 1. The first kappa shape index (κ1) is 20.0. The van der Waals surface area contributed by atoms with Crippen LogP contribution < -0.4 is 14.8 Å². The van der Waals surface area contributed by atoms with Gasteiger partial charge >= 0.3 is 5.97 Å². The molecule has 0 fully saturated rings. The zero-order chi connectivity index (χ0) is 20.3. The maximum absolute atomic E-state index is 12.5. The summed E-state index contributed by atoms with van der Waals surface area (Å²) in [4.78, 5) is 24.9. The Morgan fingerprint density at radius 2 is 2.00 bits per heavy atom. The number of ether oxygens (including phenoxy) is 3. The molecule has 8 nitrogen and oxygen atoms in total. The molecule has 1 N–H and O–H groups in total. The molecule has 0 bridgehead atoms. The van der Waals surface area contributed by atoms with Crippen molar-refractivity contribution in [2.75, 3.05) is 18.5 Å². The predicted molar refractivity (Wildman–Crippen MR) is 103 cm³/mol. The predicted octanol–water partition coefficient (Wildman–Crippen LogP) is 3.46. The van der Waals surface area contributed by atoms with E-state index in [1.165, 1.54) is 19.1 Å². The molecule has 0 saturated heterocycles. The van der Waals surface area contributed by atoms with Crippen molar-refractivity contribution in [2.45, 2.75) is 39.3 Å². The van der Waals surface area contributed by atoms with Crippen molar-refractivity contribution >= 4 is 29.3 Å². The van der Waals surface area contributed by atoms with Gasteiger partial charge in [0.1, 0.15) is 5.82 Å². The number of halogens is 1. The minimum absolute atomic E-state index is 0.0760. The monoisotopic (exact) mass is 407 g/mol. The summed E-state index contributed by atoms with van der Waals surface area (Å²) < 4.78 is 18.1. The number of carbonyl (C=O) groups excluding carboxylic acids is 2. The summed E-state index contributed by atoms with van der Waals surface area (Å²) >= 11 is 6.20. The van der Waals surface area contributed by atoms with Gasteiger partial charge in [0.15, 0.2) is 17.6 Å². The second kappa shape index (κ2) is 8.52. The van der Waals surface area contributed by atoms with Crippen LogP contribution >= 0.6 is 11.6 Å². The van der Waals surface area contributed by atoms with Crippen molar-refractivity contribution < 1.29 is 23.8 Å². The Morgan fingerprint density at radius 3 is 2.75 bits per heavy atom. The van der Waals surface area contributed by atoms with Crippen LogP contribution in [0.4, 0.5) is 5.82 Å². The summed E-state index contributed by atoms with van der Waals surface area (Å²) in [5, 5.41) is 7.11. The average molecular weight is 408 g/mol. The molecule has 1 aromatic carbocycles. The molecule has 0 aliphatic carbocycles. The molecule has 0 saturated carbocycles. The Kier molecular flexibility index (Phi) is 6.08. The van der Waals surface area contributed by atoms with Crippen LogP contribution in [0.1, 0.15) is 43.6 Å². The molecule has 1 unspecified atom stereocenters. The Bertz CT molecular complexity index is 880. The van der Waals surface area contributed by atoms with Gasteiger partial charge in [-0.2, -0.15) is 5.10 Å². The van der Waals surface area contributed by atoms with Crippen LogP contribution in [-0.4, -0.2) is 41.0 Å². The van der Waals surface area contributed by atoms with Gasteiger partial charge in [-0.1, -0.05) is 11.6 Å². The fraction of sp³-hybridized carbons (Fsp3) is 0.421. The van der Waals surface area contributed by atoms with Crippen LogP contribution in [0.25, 0.3) is 0 Å². The van der Waals surface area contributed by atoms with Crippen LogP contribution in [0, 0.1) is 0 Å². The van der Waals surface area contributed by atoms with Gasteiger partial charge in [-0.25, -0.2) is 9.48 Å². The maximum atomic E-state index is 12.5. The highest BCUT2D eigenvalue weighted by Gasteiger charge is 2.23. The fourth-order valence-corrected chi connectivity index (χ4v) is 2.95. The molecular formula is C19H22ClN3O5. The molecule has 2 heterocycles. The quantitative estimate of drug-likeness (QED) is 0.763. The van der Waals surface area contributed by atoms with E-state index >= 15 is 0 Å². The number of nitrogens with zero attached hydrogens (tertiary/aromatic N) is 2. The van der Waals surface area contributed by atoms with Crippen molar-refractivity contribution in [1.29, 1.82) is 0 Å². The number of nitrogens with one attached hydrogen (secondary N) is 1. The minimum atomic E-state index is -1.02. The lowest BCUT2D eigenvalue weighted by Gasteiger charge is -2.16. The zero-order valence-corrected chi connectivity index (χ0v) is 16.7. The van der Waals surface area contributed by atoms with Crippen LogP contribution in [0.2, 0.25) is 5.02 Å². The lowest BCUT2D eigenvalue weighted by atomic mass is 10.2. The third kappa shape index (κ3) is 4.39. The Morgan fingerprint density at radius 1 is 1.25 bits per heavy atom. The molecule has 28 heavy (non-hydrogen) atoms. The van der Waals surface area contributed by atoms with Crippen molar-refractivity contribution in [1.82, 2.24) is 9.78 Å². The van der Waals surface area contributed by atoms with E-state index in [0.29, 0.717) is 30.5 Å². The van der Waals surface area contributed by atoms with Gasteiger partial charge in [-0.15, -0.1) is 0 Å². The molecule has 150 valence electrons. The first-order valence-corrected chi connectivity index (χ1v) is 9.39. The molecule has 9 heteroatoms. The number of fused-ring (bicyclic) bond motifs is 1. The fourth-order valence-electron chi connectivity index (χ4n) is 2.68. The summed E-state index contributed by atoms with van der Waals surface area (Å²) in [6, 6.07) is 4.70. The number of esters is 1. The van der Waals surface area contributed by atoms with Crippen molar-refractivity contribution in [2.24, 2.45) is 0 Å². The molecule has 0 spiro atoms. The molecule has 1 aromatic heterocycles. The topological polar surface area (TPSA) is 91.7 Å². The SMILES string of the molecule is CC(OC(=O)c1cc(Cl)c2c(c1)OCCCO2)C(=O)Nc1ccnn1C(C)C. The van der Waals surface area contributed by atoms with Gasteiger partial charge in [-0.05, 0) is 32.9 Å². The molecular weight excluding hydrogens is 386 g/mol. The molecule has 0 radical (unpaired) electrons. The van der Waals surface area contributed by atoms with Crippen LogP contribution in [0.15, 0.2) is 24.4 Å². The van der Waals surface area contributed by atoms with E-state index in [2.05, 4.69) is 10.4 Å². The highest BCUT2D eigenvalue weighted by Crippen LogP contribution is 2.38. The second-order valence-electron chi connectivity index (χ2n) is 6.63. The first-order chi connectivity index (χ1) is 13.4. The third-order valence-electron chi connectivity index (χ3n) is 4.10. The molecule has 2 aromatic rings. The minimum Gasteiger partial charge on any atom is -0.489 e. The second-order valence-corrected chi connectivity index (χ2v) is 7.03. The lowest BCUT2D eigenvalue weighted by molar-refractivity contribution is -0.123. The third-order valence-corrected chi connectivity index (χ3v) is 4.38.